The lowest BCUT2D eigenvalue weighted by molar-refractivity contribution is -0.181. The molecule has 9 heteroatoms. The second kappa shape index (κ2) is 7.22. The Morgan fingerprint density at radius 3 is 1.75 bits per heavy atom. The number of nitrogens with zero attached hydrogens (tertiary/aromatic N) is 4. The molecule has 0 aliphatic carbocycles. The second-order valence-electron chi connectivity index (χ2n) is 7.77. The Balaban J connectivity index is 1.18. The van der Waals surface area contributed by atoms with E-state index in [4.69, 9.17) is 18.9 Å². The smallest absolute Gasteiger partial charge is 0.256 e. The van der Waals surface area contributed by atoms with Gasteiger partial charge in [0.15, 0.2) is 11.6 Å². The minimum Gasteiger partial charge on any atom is -0.347 e. The van der Waals surface area contributed by atoms with Crippen LogP contribution in [0.5, 0.6) is 0 Å². The van der Waals surface area contributed by atoms with Crippen LogP contribution in [0.3, 0.4) is 0 Å². The molecular weight excluding hydrogens is 364 g/mol. The van der Waals surface area contributed by atoms with Crippen molar-refractivity contribution in [3.63, 3.8) is 0 Å². The lowest BCUT2D eigenvalue weighted by Gasteiger charge is -2.38. The molecule has 2 spiro atoms. The molecule has 5 heterocycles. The van der Waals surface area contributed by atoms with Gasteiger partial charge in [0.05, 0.1) is 32.0 Å². The van der Waals surface area contributed by atoms with Gasteiger partial charge < -0.3 is 28.7 Å². The predicted molar refractivity (Wildman–Crippen MR) is 97.9 cm³/mol. The van der Waals surface area contributed by atoms with Crippen LogP contribution in [0.1, 0.15) is 36.0 Å². The van der Waals surface area contributed by atoms with Crippen molar-refractivity contribution in [3.05, 3.63) is 18.0 Å². The summed E-state index contributed by atoms with van der Waals surface area (Å²) in [7, 11) is 0. The molecule has 1 aromatic rings. The van der Waals surface area contributed by atoms with Gasteiger partial charge in [-0.15, -0.1) is 0 Å². The quantitative estimate of drug-likeness (QED) is 0.733. The Kier molecular flexibility index (Phi) is 4.70. The van der Waals surface area contributed by atoms with Crippen LogP contribution in [0.4, 0.5) is 5.95 Å². The number of carbonyl (C=O) groups is 1. The molecule has 1 aromatic heterocycles. The number of amides is 1. The number of likely N-dealkylation sites (tertiary alicyclic amines) is 1. The number of carbonyl (C=O) groups excluding carboxylic acids is 1. The van der Waals surface area contributed by atoms with Crippen LogP contribution in [0.25, 0.3) is 0 Å². The first-order chi connectivity index (χ1) is 13.7. The molecule has 4 aliphatic rings. The molecule has 28 heavy (non-hydrogen) atoms. The second-order valence-corrected chi connectivity index (χ2v) is 7.77. The monoisotopic (exact) mass is 390 g/mol. The van der Waals surface area contributed by atoms with E-state index in [-0.39, 0.29) is 5.91 Å². The standard InChI is InChI=1S/C19H26N4O5/c24-16(22-5-1-18(2-6-22)25-9-10-26-18)15-13-20-17(21-14-15)23-7-3-19(4-8-23)27-11-12-28-19/h13-14H,1-12H2. The summed E-state index contributed by atoms with van der Waals surface area (Å²) in [4.78, 5) is 25.6. The number of rotatable bonds is 2. The fraction of sp³-hybridized carbons (Fsp3) is 0.737. The maximum absolute atomic E-state index is 12.8. The number of ether oxygens (including phenoxy) is 4. The van der Waals surface area contributed by atoms with Crippen LogP contribution >= 0.6 is 0 Å². The fourth-order valence-electron chi connectivity index (χ4n) is 4.45. The molecule has 152 valence electrons. The van der Waals surface area contributed by atoms with Crippen LogP contribution in [0, 0.1) is 0 Å². The van der Waals surface area contributed by atoms with E-state index in [9.17, 15) is 4.79 Å². The molecule has 4 saturated heterocycles. The molecule has 4 fully saturated rings. The van der Waals surface area contributed by atoms with Gasteiger partial charge in [-0.3, -0.25) is 4.79 Å². The van der Waals surface area contributed by atoms with E-state index < -0.39 is 11.6 Å². The number of anilines is 1. The first-order valence-electron chi connectivity index (χ1n) is 10.1. The third kappa shape index (κ3) is 3.36. The Morgan fingerprint density at radius 2 is 1.25 bits per heavy atom. The summed E-state index contributed by atoms with van der Waals surface area (Å²) >= 11 is 0. The predicted octanol–water partition coefficient (Wildman–Crippen LogP) is 0.799. The Morgan fingerprint density at radius 1 is 0.786 bits per heavy atom. The Labute approximate surface area is 163 Å². The lowest BCUT2D eigenvalue weighted by Crippen LogP contribution is -2.47. The molecule has 5 rings (SSSR count). The highest BCUT2D eigenvalue weighted by Gasteiger charge is 2.42. The maximum Gasteiger partial charge on any atom is 0.256 e. The molecule has 0 N–H and O–H groups in total. The SMILES string of the molecule is O=C(c1cnc(N2CCC3(CC2)OCCO3)nc1)N1CCC2(CC1)OCCO2. The van der Waals surface area contributed by atoms with E-state index in [0.29, 0.717) is 63.9 Å². The zero-order valence-corrected chi connectivity index (χ0v) is 16.0. The minimum atomic E-state index is -0.477. The molecule has 1 amide bonds. The minimum absolute atomic E-state index is 0.0373. The highest BCUT2D eigenvalue weighted by molar-refractivity contribution is 5.93. The lowest BCUT2D eigenvalue weighted by atomic mass is 10.0. The first-order valence-corrected chi connectivity index (χ1v) is 10.1. The molecular formula is C19H26N4O5. The third-order valence-electron chi connectivity index (χ3n) is 6.13. The van der Waals surface area contributed by atoms with Crippen LogP contribution < -0.4 is 4.90 Å². The topological polar surface area (TPSA) is 86.3 Å². The molecule has 4 aliphatic heterocycles. The largest absolute Gasteiger partial charge is 0.347 e. The summed E-state index contributed by atoms with van der Waals surface area (Å²) in [6, 6.07) is 0. The molecule has 0 saturated carbocycles. The molecule has 0 atom stereocenters. The van der Waals surface area contributed by atoms with Gasteiger partial charge in [0.25, 0.3) is 5.91 Å². The van der Waals surface area contributed by atoms with Gasteiger partial charge in [-0.05, 0) is 0 Å². The zero-order valence-electron chi connectivity index (χ0n) is 16.0. The van der Waals surface area contributed by atoms with E-state index >= 15 is 0 Å². The zero-order chi connectivity index (χ0) is 19.0. The molecule has 0 unspecified atom stereocenters. The van der Waals surface area contributed by atoms with Gasteiger partial charge in [0.1, 0.15) is 0 Å². The van der Waals surface area contributed by atoms with E-state index in [1.165, 1.54) is 0 Å². The normalized spacial score (nSPS) is 26.3. The van der Waals surface area contributed by atoms with E-state index in [0.717, 1.165) is 25.9 Å². The average molecular weight is 390 g/mol. The summed E-state index contributed by atoms with van der Waals surface area (Å²) in [5, 5.41) is 0. The van der Waals surface area contributed by atoms with Crippen LogP contribution in [0.15, 0.2) is 12.4 Å². The van der Waals surface area contributed by atoms with Gasteiger partial charge in [-0.25, -0.2) is 9.97 Å². The molecule has 0 aromatic carbocycles. The van der Waals surface area contributed by atoms with Crippen molar-refractivity contribution in [1.82, 2.24) is 14.9 Å². The van der Waals surface area contributed by atoms with Crippen LogP contribution in [-0.2, 0) is 18.9 Å². The number of hydrogen-bond acceptors (Lipinski definition) is 8. The highest BCUT2D eigenvalue weighted by atomic mass is 16.7. The van der Waals surface area contributed by atoms with Crippen molar-refractivity contribution >= 4 is 11.9 Å². The van der Waals surface area contributed by atoms with Crippen molar-refractivity contribution < 1.29 is 23.7 Å². The first kappa shape index (κ1) is 18.2. The van der Waals surface area contributed by atoms with E-state index in [1.807, 2.05) is 4.90 Å². The van der Waals surface area contributed by atoms with E-state index in [1.54, 1.807) is 12.4 Å². The summed E-state index contributed by atoms with van der Waals surface area (Å²) in [5.41, 5.74) is 0.517. The highest BCUT2D eigenvalue weighted by Crippen LogP contribution is 2.33. The Bertz CT molecular complexity index is 696. The summed E-state index contributed by atoms with van der Waals surface area (Å²) in [5.74, 6) is -0.278. The summed E-state index contributed by atoms with van der Waals surface area (Å²) in [6.45, 7) is 5.41. The number of piperidine rings is 2. The average Bonchev–Trinajstić information content (AvgIpc) is 3.39. The van der Waals surface area contributed by atoms with Crippen LogP contribution in [-0.4, -0.2) is 85.0 Å². The van der Waals surface area contributed by atoms with Gasteiger partial charge in [-0.1, -0.05) is 0 Å². The number of aromatic nitrogens is 2. The van der Waals surface area contributed by atoms with Crippen molar-refractivity contribution in [2.75, 3.05) is 57.5 Å². The van der Waals surface area contributed by atoms with Gasteiger partial charge in [-0.2, -0.15) is 0 Å². The van der Waals surface area contributed by atoms with E-state index in [2.05, 4.69) is 14.9 Å². The van der Waals surface area contributed by atoms with Crippen LogP contribution in [0.2, 0.25) is 0 Å². The van der Waals surface area contributed by atoms with Crippen molar-refractivity contribution in [2.24, 2.45) is 0 Å². The number of hydrogen-bond donors (Lipinski definition) is 0. The summed E-state index contributed by atoms with van der Waals surface area (Å²) < 4.78 is 23.0. The van der Waals surface area contributed by atoms with Crippen molar-refractivity contribution in [3.8, 4) is 0 Å². The maximum atomic E-state index is 12.8. The van der Waals surface area contributed by atoms with Crippen molar-refractivity contribution in [1.29, 1.82) is 0 Å². The fourth-order valence-corrected chi connectivity index (χ4v) is 4.45. The molecule has 9 nitrogen and oxygen atoms in total. The third-order valence-corrected chi connectivity index (χ3v) is 6.13. The van der Waals surface area contributed by atoms with Gasteiger partial charge in [0, 0.05) is 64.3 Å². The Hall–Kier alpha value is -1.81. The van der Waals surface area contributed by atoms with Gasteiger partial charge in [0.2, 0.25) is 5.95 Å². The summed E-state index contributed by atoms with van der Waals surface area (Å²) in [6.07, 6.45) is 6.28. The van der Waals surface area contributed by atoms with Gasteiger partial charge >= 0.3 is 0 Å². The molecule has 0 bridgehead atoms. The molecule has 0 radical (unpaired) electrons. The van der Waals surface area contributed by atoms with Crippen molar-refractivity contribution in [2.45, 2.75) is 37.3 Å².